The molecule has 0 unspecified atom stereocenters. The summed E-state index contributed by atoms with van der Waals surface area (Å²) < 4.78 is 7.11. The Morgan fingerprint density at radius 1 is 1.40 bits per heavy atom. The Kier molecular flexibility index (Phi) is 2.97. The van der Waals surface area contributed by atoms with Gasteiger partial charge in [0, 0.05) is 11.3 Å². The molecule has 1 aliphatic carbocycles. The van der Waals surface area contributed by atoms with Crippen LogP contribution in [0.4, 0.5) is 0 Å². The first kappa shape index (κ1) is 12.7. The Morgan fingerprint density at radius 3 is 2.90 bits per heavy atom. The topological polar surface area (TPSA) is 64.4 Å². The van der Waals surface area contributed by atoms with Gasteiger partial charge in [0.25, 0.3) is 0 Å². The van der Waals surface area contributed by atoms with Crippen molar-refractivity contribution in [3.63, 3.8) is 0 Å². The molecule has 3 rings (SSSR count). The second-order valence-electron chi connectivity index (χ2n) is 5.02. The summed E-state index contributed by atoms with van der Waals surface area (Å²) in [7, 11) is 1.61. The lowest BCUT2D eigenvalue weighted by Crippen LogP contribution is -2.06. The number of hydrogen-bond donors (Lipinski definition) is 1. The molecule has 0 fully saturated rings. The summed E-state index contributed by atoms with van der Waals surface area (Å²) in [5.41, 5.74) is 3.91. The number of carboxylic acid groups (broad SMARTS) is 1. The SMILES string of the molecule is COc1ccc(C)cc1-n1nc(C(=O)O)c2c1CCC2. The number of rotatable bonds is 3. The molecule has 0 saturated heterocycles. The molecule has 20 heavy (non-hydrogen) atoms. The van der Waals surface area contributed by atoms with Crippen LogP contribution >= 0.6 is 0 Å². The fraction of sp³-hybridized carbons (Fsp3) is 0.333. The summed E-state index contributed by atoms with van der Waals surface area (Å²) in [6.07, 6.45) is 2.61. The normalized spacial score (nSPS) is 13.3. The third-order valence-electron chi connectivity index (χ3n) is 3.70. The molecule has 1 aromatic carbocycles. The summed E-state index contributed by atoms with van der Waals surface area (Å²) in [6, 6.07) is 5.81. The maximum absolute atomic E-state index is 11.3. The van der Waals surface area contributed by atoms with Crippen molar-refractivity contribution in [2.45, 2.75) is 26.2 Å². The second-order valence-corrected chi connectivity index (χ2v) is 5.02. The zero-order valence-corrected chi connectivity index (χ0v) is 11.5. The van der Waals surface area contributed by atoms with Crippen molar-refractivity contribution in [2.75, 3.05) is 7.11 Å². The van der Waals surface area contributed by atoms with E-state index in [0.29, 0.717) is 5.75 Å². The number of carboxylic acids is 1. The molecule has 0 saturated carbocycles. The molecular weight excluding hydrogens is 256 g/mol. The number of nitrogens with zero attached hydrogens (tertiary/aromatic N) is 2. The molecule has 0 aliphatic heterocycles. The van der Waals surface area contributed by atoms with Crippen LogP contribution in [-0.4, -0.2) is 28.0 Å². The molecule has 2 aromatic rings. The van der Waals surface area contributed by atoms with Gasteiger partial charge in [-0.1, -0.05) is 6.07 Å². The van der Waals surface area contributed by atoms with Crippen molar-refractivity contribution >= 4 is 5.97 Å². The van der Waals surface area contributed by atoms with E-state index in [0.717, 1.165) is 41.8 Å². The van der Waals surface area contributed by atoms with E-state index in [2.05, 4.69) is 5.10 Å². The standard InChI is InChI=1S/C15H16N2O3/c1-9-6-7-13(20-2)12(8-9)17-11-5-3-4-10(11)14(16-17)15(18)19/h6-8H,3-5H2,1-2H3,(H,18,19). The Morgan fingerprint density at radius 2 is 2.20 bits per heavy atom. The van der Waals surface area contributed by atoms with Gasteiger partial charge in [-0.3, -0.25) is 0 Å². The van der Waals surface area contributed by atoms with Gasteiger partial charge in [0.1, 0.15) is 11.4 Å². The third kappa shape index (κ3) is 1.86. The smallest absolute Gasteiger partial charge is 0.356 e. The van der Waals surface area contributed by atoms with Gasteiger partial charge in [-0.25, -0.2) is 9.48 Å². The van der Waals surface area contributed by atoms with E-state index >= 15 is 0 Å². The fourth-order valence-corrected chi connectivity index (χ4v) is 2.77. The number of hydrogen-bond acceptors (Lipinski definition) is 3. The number of carbonyl (C=O) groups is 1. The van der Waals surface area contributed by atoms with Gasteiger partial charge < -0.3 is 9.84 Å². The predicted octanol–water partition coefficient (Wildman–Crippen LogP) is 2.38. The Hall–Kier alpha value is -2.30. The molecule has 1 heterocycles. The van der Waals surface area contributed by atoms with Gasteiger partial charge in [0.2, 0.25) is 0 Å². The van der Waals surface area contributed by atoms with Crippen LogP contribution in [0.2, 0.25) is 0 Å². The van der Waals surface area contributed by atoms with E-state index in [9.17, 15) is 9.90 Å². The quantitative estimate of drug-likeness (QED) is 0.931. The minimum Gasteiger partial charge on any atom is -0.494 e. The van der Waals surface area contributed by atoms with E-state index in [1.807, 2.05) is 25.1 Å². The molecule has 0 bridgehead atoms. The zero-order chi connectivity index (χ0) is 14.3. The van der Waals surface area contributed by atoms with Crippen molar-refractivity contribution in [3.05, 3.63) is 40.7 Å². The zero-order valence-electron chi connectivity index (χ0n) is 11.5. The highest BCUT2D eigenvalue weighted by molar-refractivity contribution is 5.87. The number of aryl methyl sites for hydroxylation is 1. The van der Waals surface area contributed by atoms with Crippen molar-refractivity contribution in [3.8, 4) is 11.4 Å². The minimum atomic E-state index is -0.964. The van der Waals surface area contributed by atoms with Gasteiger partial charge in [-0.15, -0.1) is 0 Å². The van der Waals surface area contributed by atoms with Crippen LogP contribution in [0.25, 0.3) is 5.69 Å². The first-order valence-electron chi connectivity index (χ1n) is 6.61. The van der Waals surface area contributed by atoms with Crippen LogP contribution in [0.1, 0.15) is 33.7 Å². The van der Waals surface area contributed by atoms with Gasteiger partial charge in [0.15, 0.2) is 5.69 Å². The number of fused-ring (bicyclic) bond motifs is 1. The molecule has 5 heteroatoms. The summed E-state index contributed by atoms with van der Waals surface area (Å²) in [6.45, 7) is 1.99. The van der Waals surface area contributed by atoms with Gasteiger partial charge in [-0.05, 0) is 43.9 Å². The highest BCUT2D eigenvalue weighted by Crippen LogP contribution is 2.31. The number of aromatic carboxylic acids is 1. The number of aromatic nitrogens is 2. The van der Waals surface area contributed by atoms with Gasteiger partial charge in [0.05, 0.1) is 7.11 Å². The summed E-state index contributed by atoms with van der Waals surface area (Å²) in [5.74, 6) is -0.266. The average molecular weight is 272 g/mol. The average Bonchev–Trinajstić information content (AvgIpc) is 2.99. The molecule has 0 radical (unpaired) electrons. The summed E-state index contributed by atoms with van der Waals surface area (Å²) in [4.78, 5) is 11.3. The van der Waals surface area contributed by atoms with Crippen molar-refractivity contribution in [1.82, 2.24) is 9.78 Å². The first-order chi connectivity index (χ1) is 9.61. The van der Waals surface area contributed by atoms with E-state index in [1.165, 1.54) is 0 Å². The number of ether oxygens (including phenoxy) is 1. The second kappa shape index (κ2) is 4.67. The van der Waals surface area contributed by atoms with E-state index < -0.39 is 5.97 Å². The van der Waals surface area contributed by atoms with E-state index in [1.54, 1.807) is 11.8 Å². The fourth-order valence-electron chi connectivity index (χ4n) is 2.77. The van der Waals surface area contributed by atoms with Crippen LogP contribution in [0.15, 0.2) is 18.2 Å². The van der Waals surface area contributed by atoms with Crippen LogP contribution in [0.3, 0.4) is 0 Å². The summed E-state index contributed by atoms with van der Waals surface area (Å²) in [5, 5.41) is 13.6. The number of benzene rings is 1. The Labute approximate surface area is 116 Å². The molecular formula is C15H16N2O3. The lowest BCUT2D eigenvalue weighted by atomic mass is 10.2. The van der Waals surface area contributed by atoms with Crippen LogP contribution in [0.5, 0.6) is 5.75 Å². The predicted molar refractivity (Wildman–Crippen MR) is 73.8 cm³/mol. The highest BCUT2D eigenvalue weighted by Gasteiger charge is 2.27. The van der Waals surface area contributed by atoms with Crippen LogP contribution in [0, 0.1) is 6.92 Å². The molecule has 0 spiro atoms. The largest absolute Gasteiger partial charge is 0.494 e. The Bertz CT molecular complexity index is 689. The van der Waals surface area contributed by atoms with Gasteiger partial charge >= 0.3 is 5.97 Å². The first-order valence-corrected chi connectivity index (χ1v) is 6.61. The minimum absolute atomic E-state index is 0.168. The van der Waals surface area contributed by atoms with E-state index in [4.69, 9.17) is 4.74 Å². The lowest BCUT2D eigenvalue weighted by Gasteiger charge is -2.11. The lowest BCUT2D eigenvalue weighted by molar-refractivity contribution is 0.0689. The van der Waals surface area contributed by atoms with Crippen molar-refractivity contribution < 1.29 is 14.6 Å². The monoisotopic (exact) mass is 272 g/mol. The maximum atomic E-state index is 11.3. The van der Waals surface area contributed by atoms with Gasteiger partial charge in [-0.2, -0.15) is 5.10 Å². The molecule has 0 atom stereocenters. The maximum Gasteiger partial charge on any atom is 0.356 e. The highest BCUT2D eigenvalue weighted by atomic mass is 16.5. The van der Waals surface area contributed by atoms with Crippen LogP contribution in [-0.2, 0) is 12.8 Å². The molecule has 104 valence electrons. The molecule has 0 amide bonds. The Balaban J connectivity index is 2.23. The van der Waals surface area contributed by atoms with Crippen LogP contribution < -0.4 is 4.74 Å². The molecule has 1 aliphatic rings. The molecule has 5 nitrogen and oxygen atoms in total. The molecule has 1 aromatic heterocycles. The van der Waals surface area contributed by atoms with Crippen molar-refractivity contribution in [1.29, 1.82) is 0 Å². The molecule has 1 N–H and O–H groups in total. The van der Waals surface area contributed by atoms with E-state index in [-0.39, 0.29) is 5.69 Å². The number of methoxy groups -OCH3 is 1. The van der Waals surface area contributed by atoms with Crippen molar-refractivity contribution in [2.24, 2.45) is 0 Å². The third-order valence-corrected chi connectivity index (χ3v) is 3.70. The summed E-state index contributed by atoms with van der Waals surface area (Å²) >= 11 is 0.